The molecule has 0 unspecified atom stereocenters. The quantitative estimate of drug-likeness (QED) is 0.675. The molecule has 2 heterocycles. The van der Waals surface area contributed by atoms with Crippen LogP contribution in [0.5, 0.6) is 0 Å². The van der Waals surface area contributed by atoms with Gasteiger partial charge in [0.15, 0.2) is 5.82 Å². The van der Waals surface area contributed by atoms with Gasteiger partial charge >= 0.3 is 0 Å². The minimum Gasteiger partial charge on any atom is -0.375 e. The molecule has 4 rings (SSSR count). The van der Waals surface area contributed by atoms with Crippen LogP contribution >= 0.6 is 0 Å². The number of methoxy groups -OCH3 is 1. The molecule has 0 bridgehead atoms. The lowest BCUT2D eigenvalue weighted by atomic mass is 10.1. The smallest absolute Gasteiger partial charge is 0.249 e. The number of anilines is 1. The van der Waals surface area contributed by atoms with Crippen molar-refractivity contribution < 1.29 is 14.3 Å². The van der Waals surface area contributed by atoms with Crippen molar-refractivity contribution in [2.75, 3.05) is 51.3 Å². The zero-order valence-electron chi connectivity index (χ0n) is 18.2. The summed E-state index contributed by atoms with van der Waals surface area (Å²) < 4.78 is 4.96. The molecule has 8 nitrogen and oxygen atoms in total. The molecule has 1 aliphatic carbocycles. The van der Waals surface area contributed by atoms with Gasteiger partial charge in [0.05, 0.1) is 5.69 Å². The summed E-state index contributed by atoms with van der Waals surface area (Å²) in [7, 11) is 1.50. The largest absolute Gasteiger partial charge is 0.375 e. The molecule has 1 saturated heterocycles. The van der Waals surface area contributed by atoms with Crippen molar-refractivity contribution >= 4 is 17.6 Å². The second-order valence-corrected chi connectivity index (χ2v) is 8.20. The molecule has 1 aromatic heterocycles. The molecular formula is C23H29N5O3. The van der Waals surface area contributed by atoms with Crippen molar-refractivity contribution in [2.24, 2.45) is 0 Å². The standard InChI is InChI=1S/C23H29N5O3/c1-17-3-5-18(6-4-17)20-9-10-21(25-24-20)26-11-13-27(14-12-26)22(29)15-28(19-7-8-19)23(30)16-31-2/h3-6,9-10,19H,7-8,11-16H2,1-2H3. The maximum Gasteiger partial charge on any atom is 0.249 e. The summed E-state index contributed by atoms with van der Waals surface area (Å²) >= 11 is 0. The normalized spacial score (nSPS) is 16.3. The lowest BCUT2D eigenvalue weighted by Crippen LogP contribution is -2.52. The van der Waals surface area contributed by atoms with E-state index in [0.717, 1.165) is 29.9 Å². The Bertz CT molecular complexity index is 904. The van der Waals surface area contributed by atoms with Crippen LogP contribution in [0.15, 0.2) is 36.4 Å². The Labute approximate surface area is 182 Å². The Morgan fingerprint density at radius 1 is 1.03 bits per heavy atom. The molecule has 31 heavy (non-hydrogen) atoms. The number of piperazine rings is 1. The van der Waals surface area contributed by atoms with E-state index in [9.17, 15) is 9.59 Å². The van der Waals surface area contributed by atoms with Gasteiger partial charge in [0, 0.05) is 44.9 Å². The highest BCUT2D eigenvalue weighted by Crippen LogP contribution is 2.27. The fourth-order valence-electron chi connectivity index (χ4n) is 3.82. The number of aromatic nitrogens is 2. The van der Waals surface area contributed by atoms with Gasteiger partial charge in [0.2, 0.25) is 11.8 Å². The molecule has 1 aliphatic heterocycles. The molecular weight excluding hydrogens is 394 g/mol. The second-order valence-electron chi connectivity index (χ2n) is 8.20. The van der Waals surface area contributed by atoms with Crippen LogP contribution in [0.25, 0.3) is 11.3 Å². The van der Waals surface area contributed by atoms with E-state index in [-0.39, 0.29) is 31.0 Å². The Balaban J connectivity index is 1.31. The fraction of sp³-hybridized carbons (Fsp3) is 0.478. The number of benzene rings is 1. The summed E-state index contributed by atoms with van der Waals surface area (Å²) in [6.07, 6.45) is 1.93. The number of carbonyl (C=O) groups excluding carboxylic acids is 2. The Hall–Kier alpha value is -3.00. The number of aryl methyl sites for hydroxylation is 1. The molecule has 2 fully saturated rings. The number of nitrogens with zero attached hydrogens (tertiary/aromatic N) is 5. The Kier molecular flexibility index (Phi) is 6.46. The highest BCUT2D eigenvalue weighted by Gasteiger charge is 2.35. The minimum atomic E-state index is -0.110. The molecule has 8 heteroatoms. The van der Waals surface area contributed by atoms with Crippen LogP contribution in [0.2, 0.25) is 0 Å². The Morgan fingerprint density at radius 2 is 1.74 bits per heavy atom. The summed E-state index contributed by atoms with van der Waals surface area (Å²) in [5, 5.41) is 8.78. The van der Waals surface area contributed by atoms with Gasteiger partial charge in [0.25, 0.3) is 0 Å². The summed E-state index contributed by atoms with van der Waals surface area (Å²) in [6, 6.07) is 12.4. The molecule has 1 saturated carbocycles. The molecule has 2 aromatic rings. The molecule has 2 aliphatic rings. The van der Waals surface area contributed by atoms with Crippen LogP contribution in [0.3, 0.4) is 0 Å². The summed E-state index contributed by atoms with van der Waals surface area (Å²) in [4.78, 5) is 30.6. The third kappa shape index (κ3) is 5.19. The zero-order valence-corrected chi connectivity index (χ0v) is 18.2. The third-order valence-corrected chi connectivity index (χ3v) is 5.84. The van der Waals surface area contributed by atoms with E-state index in [1.807, 2.05) is 29.2 Å². The molecule has 2 amide bonds. The number of ether oxygens (including phenoxy) is 1. The molecule has 0 spiro atoms. The van der Waals surface area contributed by atoms with Crippen LogP contribution in [-0.4, -0.2) is 84.3 Å². The minimum absolute atomic E-state index is 0.00296. The number of carbonyl (C=O) groups is 2. The molecule has 0 atom stereocenters. The van der Waals surface area contributed by atoms with Crippen molar-refractivity contribution in [3.05, 3.63) is 42.0 Å². The van der Waals surface area contributed by atoms with E-state index in [2.05, 4.69) is 34.2 Å². The molecule has 164 valence electrons. The van der Waals surface area contributed by atoms with Gasteiger partial charge in [-0.15, -0.1) is 10.2 Å². The first-order chi connectivity index (χ1) is 15.0. The summed E-state index contributed by atoms with van der Waals surface area (Å²) in [5.74, 6) is 0.704. The van der Waals surface area contributed by atoms with Crippen LogP contribution < -0.4 is 4.90 Å². The third-order valence-electron chi connectivity index (χ3n) is 5.84. The van der Waals surface area contributed by atoms with Gasteiger partial charge in [-0.25, -0.2) is 0 Å². The van der Waals surface area contributed by atoms with E-state index in [0.29, 0.717) is 26.2 Å². The van der Waals surface area contributed by atoms with Gasteiger partial charge < -0.3 is 19.4 Å². The van der Waals surface area contributed by atoms with E-state index in [1.165, 1.54) is 12.7 Å². The monoisotopic (exact) mass is 423 g/mol. The maximum atomic E-state index is 12.8. The van der Waals surface area contributed by atoms with E-state index in [1.54, 1.807) is 4.90 Å². The lowest BCUT2D eigenvalue weighted by molar-refractivity contribution is -0.143. The maximum absolute atomic E-state index is 12.8. The van der Waals surface area contributed by atoms with Gasteiger partial charge in [-0.2, -0.15) is 0 Å². The highest BCUT2D eigenvalue weighted by atomic mass is 16.5. The van der Waals surface area contributed by atoms with Crippen molar-refractivity contribution in [3.8, 4) is 11.3 Å². The topological polar surface area (TPSA) is 78.9 Å². The SMILES string of the molecule is COCC(=O)N(CC(=O)N1CCN(c2ccc(-c3ccc(C)cc3)nn2)CC1)C1CC1. The van der Waals surface area contributed by atoms with Crippen LogP contribution in [0.4, 0.5) is 5.82 Å². The van der Waals surface area contributed by atoms with E-state index >= 15 is 0 Å². The lowest BCUT2D eigenvalue weighted by Gasteiger charge is -2.36. The van der Waals surface area contributed by atoms with E-state index in [4.69, 9.17) is 4.74 Å². The fourth-order valence-corrected chi connectivity index (χ4v) is 3.82. The average molecular weight is 424 g/mol. The number of hydrogen-bond donors (Lipinski definition) is 0. The van der Waals surface area contributed by atoms with Gasteiger partial charge in [-0.05, 0) is 31.9 Å². The van der Waals surface area contributed by atoms with Gasteiger partial charge in [0.1, 0.15) is 13.2 Å². The van der Waals surface area contributed by atoms with E-state index < -0.39 is 0 Å². The van der Waals surface area contributed by atoms with Crippen molar-refractivity contribution in [1.82, 2.24) is 20.0 Å². The van der Waals surface area contributed by atoms with Crippen LogP contribution in [0, 0.1) is 6.92 Å². The first kappa shape index (κ1) is 21.2. The molecule has 0 radical (unpaired) electrons. The second kappa shape index (κ2) is 9.43. The summed E-state index contributed by atoms with van der Waals surface area (Å²) in [6.45, 7) is 4.82. The number of amides is 2. The number of rotatable bonds is 7. The summed E-state index contributed by atoms with van der Waals surface area (Å²) in [5.41, 5.74) is 3.10. The van der Waals surface area contributed by atoms with Crippen molar-refractivity contribution in [3.63, 3.8) is 0 Å². The van der Waals surface area contributed by atoms with Crippen molar-refractivity contribution in [1.29, 1.82) is 0 Å². The molecule has 1 aromatic carbocycles. The van der Waals surface area contributed by atoms with Crippen LogP contribution in [0.1, 0.15) is 18.4 Å². The van der Waals surface area contributed by atoms with Gasteiger partial charge in [-0.1, -0.05) is 29.8 Å². The first-order valence-corrected chi connectivity index (χ1v) is 10.8. The Morgan fingerprint density at radius 3 is 2.32 bits per heavy atom. The number of hydrogen-bond acceptors (Lipinski definition) is 6. The first-order valence-electron chi connectivity index (χ1n) is 10.8. The predicted molar refractivity (Wildman–Crippen MR) is 118 cm³/mol. The van der Waals surface area contributed by atoms with Crippen molar-refractivity contribution in [2.45, 2.75) is 25.8 Å². The average Bonchev–Trinajstić information content (AvgIpc) is 3.63. The van der Waals surface area contributed by atoms with Gasteiger partial charge in [-0.3, -0.25) is 9.59 Å². The molecule has 0 N–H and O–H groups in total. The van der Waals surface area contributed by atoms with Crippen LogP contribution in [-0.2, 0) is 14.3 Å². The zero-order chi connectivity index (χ0) is 21.8. The highest BCUT2D eigenvalue weighted by molar-refractivity contribution is 5.86. The predicted octanol–water partition coefficient (Wildman–Crippen LogP) is 1.74.